The quantitative estimate of drug-likeness (QED) is 0.810. The molecule has 0 N–H and O–H groups in total. The molecule has 0 aliphatic rings. The number of carbonyl (C=O) groups excluding carboxylic acids is 1. The molecule has 1 aromatic carbocycles. The molecule has 0 amide bonds. The monoisotopic (exact) mass is 240 g/mol. The number of sulfone groups is 1. The second kappa shape index (κ2) is 4.78. The Morgan fingerprint density at radius 2 is 1.88 bits per heavy atom. The normalized spacial score (nSPS) is 13.4. The van der Waals surface area contributed by atoms with Crippen molar-refractivity contribution in [1.82, 2.24) is 0 Å². The van der Waals surface area contributed by atoms with Crippen molar-refractivity contribution < 1.29 is 13.2 Å². The Labute approximate surface area is 96.4 Å². The van der Waals surface area contributed by atoms with Gasteiger partial charge in [0.15, 0.2) is 9.84 Å². The van der Waals surface area contributed by atoms with Gasteiger partial charge in [-0.25, -0.2) is 8.42 Å². The van der Waals surface area contributed by atoms with Crippen LogP contribution in [0.15, 0.2) is 29.2 Å². The van der Waals surface area contributed by atoms with E-state index in [1.54, 1.807) is 38.1 Å². The highest BCUT2D eigenvalue weighted by Gasteiger charge is 2.20. The van der Waals surface area contributed by atoms with Crippen molar-refractivity contribution in [3.05, 3.63) is 29.8 Å². The smallest absolute Gasteiger partial charge is 0.175 e. The minimum absolute atomic E-state index is 0.0519. The lowest BCUT2D eigenvalue weighted by molar-refractivity contribution is -0.119. The van der Waals surface area contributed by atoms with Gasteiger partial charge in [-0.1, -0.05) is 32.0 Å². The largest absolute Gasteiger partial charge is 0.299 e. The summed E-state index contributed by atoms with van der Waals surface area (Å²) in [6, 6.07) is 6.67. The van der Waals surface area contributed by atoms with E-state index in [-0.39, 0.29) is 16.6 Å². The molecule has 16 heavy (non-hydrogen) atoms. The van der Waals surface area contributed by atoms with Gasteiger partial charge in [-0.05, 0) is 11.6 Å². The molecule has 0 bridgehead atoms. The van der Waals surface area contributed by atoms with Gasteiger partial charge in [-0.3, -0.25) is 4.79 Å². The molecule has 1 aromatic rings. The molecule has 4 heteroatoms. The Bertz CT molecular complexity index is 489. The molecule has 3 nitrogen and oxygen atoms in total. The number of hydrogen-bond acceptors (Lipinski definition) is 3. The second-order valence-electron chi connectivity index (χ2n) is 3.85. The van der Waals surface area contributed by atoms with Crippen LogP contribution in [0, 0.1) is 0 Å². The number of hydrogen-bond donors (Lipinski definition) is 0. The van der Waals surface area contributed by atoms with Gasteiger partial charge in [-0.15, -0.1) is 0 Å². The van der Waals surface area contributed by atoms with Crippen LogP contribution in [0.3, 0.4) is 0 Å². The van der Waals surface area contributed by atoms with Gasteiger partial charge >= 0.3 is 0 Å². The Hall–Kier alpha value is -1.16. The average Bonchev–Trinajstić information content (AvgIpc) is 2.26. The minimum atomic E-state index is -3.27. The van der Waals surface area contributed by atoms with Crippen molar-refractivity contribution in [1.29, 1.82) is 0 Å². The molecule has 0 radical (unpaired) electrons. The third-order valence-corrected chi connectivity index (χ3v) is 3.79. The summed E-state index contributed by atoms with van der Waals surface area (Å²) in [6.07, 6.45) is 1.58. The maximum atomic E-state index is 11.6. The topological polar surface area (TPSA) is 51.2 Å². The Balaban J connectivity index is 3.30. The molecule has 0 aliphatic heterocycles. The molecule has 0 fully saturated rings. The van der Waals surface area contributed by atoms with Gasteiger partial charge in [-0.2, -0.15) is 0 Å². The Kier molecular flexibility index (Phi) is 3.86. The van der Waals surface area contributed by atoms with Gasteiger partial charge in [0.1, 0.15) is 5.78 Å². The molecule has 1 unspecified atom stereocenters. The first-order valence-corrected chi connectivity index (χ1v) is 7.08. The highest BCUT2D eigenvalue weighted by Crippen LogP contribution is 2.25. The molecule has 1 rings (SSSR count). The van der Waals surface area contributed by atoms with Crippen LogP contribution in [0.25, 0.3) is 0 Å². The van der Waals surface area contributed by atoms with Crippen LogP contribution < -0.4 is 0 Å². The van der Waals surface area contributed by atoms with E-state index in [1.165, 1.54) is 0 Å². The lowest BCUT2D eigenvalue weighted by Gasteiger charge is -2.13. The zero-order valence-corrected chi connectivity index (χ0v) is 10.5. The predicted molar refractivity (Wildman–Crippen MR) is 63.3 cm³/mol. The fourth-order valence-electron chi connectivity index (χ4n) is 1.66. The summed E-state index contributed by atoms with van der Waals surface area (Å²) >= 11 is 0. The third kappa shape index (κ3) is 2.70. The first-order valence-electron chi connectivity index (χ1n) is 5.19. The van der Waals surface area contributed by atoms with Gasteiger partial charge in [0.25, 0.3) is 0 Å². The molecule has 88 valence electrons. The van der Waals surface area contributed by atoms with Crippen molar-refractivity contribution in [2.75, 3.05) is 6.26 Å². The standard InChI is InChI=1S/C12H16O3S/c1-4-11(13)9(2)10-7-5-6-8-12(10)16(3,14)15/h5-9H,4H2,1-3H3. The molecule has 0 spiro atoms. The van der Waals surface area contributed by atoms with Crippen LogP contribution in [0.4, 0.5) is 0 Å². The fraction of sp³-hybridized carbons (Fsp3) is 0.417. The van der Waals surface area contributed by atoms with Gasteiger partial charge in [0, 0.05) is 18.6 Å². The molecular weight excluding hydrogens is 224 g/mol. The van der Waals surface area contributed by atoms with Crippen molar-refractivity contribution in [3.8, 4) is 0 Å². The molecule has 0 aliphatic carbocycles. The first kappa shape index (κ1) is 12.9. The molecule has 0 saturated carbocycles. The van der Waals surface area contributed by atoms with Crippen LogP contribution in [0.5, 0.6) is 0 Å². The summed E-state index contributed by atoms with van der Waals surface area (Å²) < 4.78 is 23.1. The summed E-state index contributed by atoms with van der Waals surface area (Å²) in [4.78, 5) is 11.9. The van der Waals surface area contributed by atoms with Crippen molar-refractivity contribution in [3.63, 3.8) is 0 Å². The third-order valence-electron chi connectivity index (χ3n) is 2.62. The van der Waals surface area contributed by atoms with E-state index in [9.17, 15) is 13.2 Å². The Morgan fingerprint density at radius 1 is 1.31 bits per heavy atom. The lowest BCUT2D eigenvalue weighted by Crippen LogP contribution is -2.12. The van der Waals surface area contributed by atoms with E-state index >= 15 is 0 Å². The van der Waals surface area contributed by atoms with E-state index in [2.05, 4.69) is 0 Å². The summed E-state index contributed by atoms with van der Waals surface area (Å²) in [5.41, 5.74) is 0.594. The number of benzene rings is 1. The van der Waals surface area contributed by atoms with Gasteiger partial charge in [0.2, 0.25) is 0 Å². The molecule has 0 aromatic heterocycles. The van der Waals surface area contributed by atoms with Crippen molar-refractivity contribution in [2.45, 2.75) is 31.1 Å². The summed E-state index contributed by atoms with van der Waals surface area (Å²) in [5.74, 6) is -0.313. The van der Waals surface area contributed by atoms with Crippen molar-refractivity contribution in [2.24, 2.45) is 0 Å². The predicted octanol–water partition coefficient (Wildman–Crippen LogP) is 2.17. The van der Waals surface area contributed by atoms with Crippen LogP contribution in [0.2, 0.25) is 0 Å². The van der Waals surface area contributed by atoms with E-state index in [1.807, 2.05) is 0 Å². The van der Waals surface area contributed by atoms with E-state index in [0.717, 1.165) is 6.26 Å². The number of Topliss-reactive ketones (excluding diaryl/α,β-unsaturated/α-hetero) is 1. The van der Waals surface area contributed by atoms with E-state index in [0.29, 0.717) is 12.0 Å². The maximum Gasteiger partial charge on any atom is 0.175 e. The average molecular weight is 240 g/mol. The zero-order valence-electron chi connectivity index (χ0n) is 9.73. The first-order chi connectivity index (χ1) is 7.38. The van der Waals surface area contributed by atoms with Crippen molar-refractivity contribution >= 4 is 15.6 Å². The summed E-state index contributed by atoms with van der Waals surface area (Å²) in [5, 5.41) is 0. The zero-order chi connectivity index (χ0) is 12.3. The number of carbonyl (C=O) groups is 1. The second-order valence-corrected chi connectivity index (χ2v) is 5.84. The summed E-state index contributed by atoms with van der Waals surface area (Å²) in [7, 11) is -3.27. The maximum absolute atomic E-state index is 11.6. The minimum Gasteiger partial charge on any atom is -0.299 e. The highest BCUT2D eigenvalue weighted by molar-refractivity contribution is 7.90. The lowest BCUT2D eigenvalue weighted by atomic mass is 9.95. The Morgan fingerprint density at radius 3 is 2.38 bits per heavy atom. The van der Waals surface area contributed by atoms with Gasteiger partial charge in [0.05, 0.1) is 4.90 Å². The van der Waals surface area contributed by atoms with Crippen LogP contribution >= 0.6 is 0 Å². The van der Waals surface area contributed by atoms with Gasteiger partial charge < -0.3 is 0 Å². The SMILES string of the molecule is CCC(=O)C(C)c1ccccc1S(C)(=O)=O. The number of ketones is 1. The molecule has 1 atom stereocenters. The number of rotatable bonds is 4. The van der Waals surface area contributed by atoms with E-state index < -0.39 is 9.84 Å². The van der Waals surface area contributed by atoms with E-state index in [4.69, 9.17) is 0 Å². The molecule has 0 saturated heterocycles. The highest BCUT2D eigenvalue weighted by atomic mass is 32.2. The molecular formula is C12H16O3S. The van der Waals surface area contributed by atoms with Crippen LogP contribution in [-0.2, 0) is 14.6 Å². The van der Waals surface area contributed by atoms with Crippen LogP contribution in [0.1, 0.15) is 31.7 Å². The fourth-order valence-corrected chi connectivity index (χ4v) is 2.65. The molecule has 0 heterocycles. The summed E-state index contributed by atoms with van der Waals surface area (Å²) in [6.45, 7) is 3.53. The van der Waals surface area contributed by atoms with Crippen LogP contribution in [-0.4, -0.2) is 20.5 Å².